The second-order valence-corrected chi connectivity index (χ2v) is 9.50. The molecule has 2 amide bonds. The van der Waals surface area contributed by atoms with Crippen LogP contribution in [-0.4, -0.2) is 11.8 Å². The summed E-state index contributed by atoms with van der Waals surface area (Å²) in [5.41, 5.74) is 3.01. The Kier molecular flexibility index (Phi) is 4.45. The van der Waals surface area contributed by atoms with Crippen molar-refractivity contribution in [1.82, 2.24) is 0 Å². The van der Waals surface area contributed by atoms with Crippen molar-refractivity contribution in [1.29, 1.82) is 0 Å². The topological polar surface area (TPSA) is 58.2 Å². The van der Waals surface area contributed by atoms with Crippen LogP contribution in [0.3, 0.4) is 0 Å². The zero-order valence-electron chi connectivity index (χ0n) is 16.9. The van der Waals surface area contributed by atoms with Crippen molar-refractivity contribution in [2.24, 2.45) is 23.2 Å². The molecule has 4 aliphatic carbocycles. The van der Waals surface area contributed by atoms with E-state index in [1.807, 2.05) is 55.5 Å². The van der Waals surface area contributed by atoms with Crippen LogP contribution in [0.2, 0.25) is 0 Å². The number of carbonyl (C=O) groups excluding carboxylic acids is 2. The summed E-state index contributed by atoms with van der Waals surface area (Å²) in [6, 6.07) is 15.0. The maximum Gasteiger partial charge on any atom is 0.255 e. The van der Waals surface area contributed by atoms with Gasteiger partial charge in [0.25, 0.3) is 5.91 Å². The third-order valence-corrected chi connectivity index (χ3v) is 7.31. The van der Waals surface area contributed by atoms with E-state index in [1.165, 1.54) is 19.3 Å². The lowest BCUT2D eigenvalue weighted by atomic mass is 9.49. The average molecular weight is 389 g/mol. The summed E-state index contributed by atoms with van der Waals surface area (Å²) in [6.07, 6.45) is 7.20. The number of benzene rings is 2. The summed E-state index contributed by atoms with van der Waals surface area (Å²) in [4.78, 5) is 25.6. The highest BCUT2D eigenvalue weighted by Crippen LogP contribution is 2.60. The van der Waals surface area contributed by atoms with E-state index in [4.69, 9.17) is 0 Å². The van der Waals surface area contributed by atoms with E-state index < -0.39 is 0 Å². The average Bonchev–Trinajstić information content (AvgIpc) is 2.68. The van der Waals surface area contributed by atoms with Crippen LogP contribution in [0.25, 0.3) is 0 Å². The molecule has 0 unspecified atom stereocenters. The smallest absolute Gasteiger partial charge is 0.255 e. The minimum Gasteiger partial charge on any atom is -0.326 e. The molecule has 29 heavy (non-hydrogen) atoms. The predicted octanol–water partition coefficient (Wildman–Crippen LogP) is 5.40. The first kappa shape index (κ1) is 18.4. The third-order valence-electron chi connectivity index (χ3n) is 7.31. The van der Waals surface area contributed by atoms with E-state index in [1.54, 1.807) is 0 Å². The fourth-order valence-electron chi connectivity index (χ4n) is 6.32. The summed E-state index contributed by atoms with van der Waals surface area (Å²) in [5, 5.41) is 6.11. The first-order valence-electron chi connectivity index (χ1n) is 10.8. The van der Waals surface area contributed by atoms with E-state index >= 15 is 0 Å². The number of aryl methyl sites for hydroxylation is 1. The molecule has 4 bridgehead atoms. The normalized spacial score (nSPS) is 29.5. The van der Waals surface area contributed by atoms with Crippen molar-refractivity contribution in [2.45, 2.75) is 45.4 Å². The predicted molar refractivity (Wildman–Crippen MR) is 115 cm³/mol. The Balaban J connectivity index is 1.25. The van der Waals surface area contributed by atoms with Gasteiger partial charge in [-0.25, -0.2) is 0 Å². The number of amides is 2. The number of nitrogens with one attached hydrogen (secondary N) is 2. The minimum atomic E-state index is -0.146. The lowest BCUT2D eigenvalue weighted by Crippen LogP contribution is -2.51. The van der Waals surface area contributed by atoms with Crippen LogP contribution >= 0.6 is 0 Å². The number of rotatable bonds is 4. The highest BCUT2D eigenvalue weighted by atomic mass is 16.2. The molecule has 150 valence electrons. The zero-order valence-corrected chi connectivity index (χ0v) is 16.9. The highest BCUT2D eigenvalue weighted by Gasteiger charge is 2.54. The molecule has 4 aliphatic rings. The van der Waals surface area contributed by atoms with Crippen LogP contribution in [-0.2, 0) is 4.79 Å². The van der Waals surface area contributed by atoms with Crippen molar-refractivity contribution in [3.8, 4) is 0 Å². The maximum absolute atomic E-state index is 13.2. The van der Waals surface area contributed by atoms with Gasteiger partial charge in [0.15, 0.2) is 0 Å². The summed E-state index contributed by atoms with van der Waals surface area (Å²) in [6.45, 7) is 1.93. The lowest BCUT2D eigenvalue weighted by molar-refractivity contribution is -0.140. The monoisotopic (exact) mass is 388 g/mol. The number of anilines is 2. The van der Waals surface area contributed by atoms with Crippen molar-refractivity contribution in [3.63, 3.8) is 0 Å². The first-order valence-corrected chi connectivity index (χ1v) is 10.8. The molecule has 0 aromatic heterocycles. The molecule has 2 aromatic rings. The van der Waals surface area contributed by atoms with Gasteiger partial charge in [-0.15, -0.1) is 0 Å². The molecule has 4 heteroatoms. The van der Waals surface area contributed by atoms with Crippen LogP contribution < -0.4 is 10.6 Å². The van der Waals surface area contributed by atoms with Crippen molar-refractivity contribution < 1.29 is 9.59 Å². The van der Waals surface area contributed by atoms with Crippen LogP contribution in [0.15, 0.2) is 48.5 Å². The molecule has 2 aromatic carbocycles. The Morgan fingerprint density at radius 3 is 1.86 bits per heavy atom. The van der Waals surface area contributed by atoms with Gasteiger partial charge < -0.3 is 10.6 Å². The second-order valence-electron chi connectivity index (χ2n) is 9.50. The molecule has 0 spiro atoms. The lowest BCUT2D eigenvalue weighted by Gasteiger charge is -2.55. The van der Waals surface area contributed by atoms with Gasteiger partial charge in [-0.05, 0) is 99.1 Å². The molecule has 4 fully saturated rings. The number of carbonyl (C=O) groups is 2. The van der Waals surface area contributed by atoms with Gasteiger partial charge in [0, 0.05) is 16.9 Å². The molecule has 0 atom stereocenters. The zero-order chi connectivity index (χ0) is 20.0. The van der Waals surface area contributed by atoms with Gasteiger partial charge in [-0.2, -0.15) is 0 Å². The molecule has 4 saturated carbocycles. The van der Waals surface area contributed by atoms with Crippen LogP contribution in [0, 0.1) is 30.1 Å². The molecule has 4 nitrogen and oxygen atoms in total. The van der Waals surface area contributed by atoms with E-state index in [9.17, 15) is 9.59 Å². The summed E-state index contributed by atoms with van der Waals surface area (Å²) >= 11 is 0. The molecule has 0 heterocycles. The van der Waals surface area contributed by atoms with Gasteiger partial charge in [-0.3, -0.25) is 9.59 Å². The Labute approximate surface area is 172 Å². The van der Waals surface area contributed by atoms with Crippen LogP contribution in [0.5, 0.6) is 0 Å². The third kappa shape index (κ3) is 3.45. The number of hydrogen-bond donors (Lipinski definition) is 2. The van der Waals surface area contributed by atoms with Gasteiger partial charge in [0.2, 0.25) is 5.91 Å². The summed E-state index contributed by atoms with van der Waals surface area (Å²) in [7, 11) is 0. The maximum atomic E-state index is 13.2. The fourth-order valence-corrected chi connectivity index (χ4v) is 6.32. The molecule has 0 radical (unpaired) electrons. The second kappa shape index (κ2) is 7.01. The Morgan fingerprint density at radius 1 is 0.793 bits per heavy atom. The van der Waals surface area contributed by atoms with Crippen molar-refractivity contribution in [3.05, 3.63) is 59.7 Å². The van der Waals surface area contributed by atoms with Crippen molar-refractivity contribution >= 4 is 23.2 Å². The molecular formula is C25H28N2O2. The van der Waals surface area contributed by atoms with Crippen LogP contribution in [0.4, 0.5) is 11.4 Å². The largest absolute Gasteiger partial charge is 0.326 e. The molecule has 0 saturated heterocycles. The van der Waals surface area contributed by atoms with Gasteiger partial charge in [-0.1, -0.05) is 18.2 Å². The fraction of sp³-hybridized carbons (Fsp3) is 0.440. The Morgan fingerprint density at radius 2 is 1.31 bits per heavy atom. The summed E-state index contributed by atoms with van der Waals surface area (Å²) < 4.78 is 0. The van der Waals surface area contributed by atoms with E-state index in [2.05, 4.69) is 10.6 Å². The quantitative estimate of drug-likeness (QED) is 0.736. The highest BCUT2D eigenvalue weighted by molar-refractivity contribution is 6.05. The molecule has 2 N–H and O–H groups in total. The number of hydrogen-bond acceptors (Lipinski definition) is 2. The van der Waals surface area contributed by atoms with E-state index in [0.717, 1.165) is 54.0 Å². The van der Waals surface area contributed by atoms with Gasteiger partial charge in [0.05, 0.1) is 5.41 Å². The van der Waals surface area contributed by atoms with Crippen molar-refractivity contribution in [2.75, 3.05) is 10.6 Å². The Hall–Kier alpha value is -2.62. The molecular weight excluding hydrogens is 360 g/mol. The first-order chi connectivity index (χ1) is 14.0. The van der Waals surface area contributed by atoms with Gasteiger partial charge >= 0.3 is 0 Å². The van der Waals surface area contributed by atoms with E-state index in [-0.39, 0.29) is 17.2 Å². The molecule has 6 rings (SSSR count). The minimum absolute atomic E-state index is 0.117. The summed E-state index contributed by atoms with van der Waals surface area (Å²) in [5.74, 6) is 2.35. The van der Waals surface area contributed by atoms with E-state index in [0.29, 0.717) is 5.56 Å². The molecule has 0 aliphatic heterocycles. The van der Waals surface area contributed by atoms with Crippen LogP contribution in [0.1, 0.15) is 54.4 Å². The Bertz CT molecular complexity index is 912. The van der Waals surface area contributed by atoms with Gasteiger partial charge in [0.1, 0.15) is 0 Å². The standard InChI is InChI=1S/C25H28N2O2/c1-16-4-2-3-5-22(16)23(28)26-20-6-8-21(9-7-20)27-24(29)25-13-17-10-18(14-25)12-19(11-17)15-25/h2-9,17-19H,10-15H2,1H3,(H,26,28)(H,27,29). The SMILES string of the molecule is Cc1ccccc1C(=O)Nc1ccc(NC(=O)C23CC4CC(CC(C4)C2)C3)cc1.